The monoisotopic (exact) mass is 579 g/mol. The molecule has 0 aromatic heterocycles. The first kappa shape index (κ1) is 29.2. The van der Waals surface area contributed by atoms with Gasteiger partial charge in [-0.05, 0) is 73.9 Å². The number of para-hydroxylation sites is 3. The number of nitrogens with one attached hydrogen (secondary N) is 2. The number of fused-ring (bicyclic) bond motifs is 1. The predicted molar refractivity (Wildman–Crippen MR) is 168 cm³/mol. The number of nitro benzene ring substituents is 1. The molecule has 1 aliphatic heterocycles. The summed E-state index contributed by atoms with van der Waals surface area (Å²) < 4.78 is 16.9. The van der Waals surface area contributed by atoms with E-state index in [9.17, 15) is 14.9 Å². The molecule has 9 heteroatoms. The number of anilines is 2. The van der Waals surface area contributed by atoms with Crippen molar-refractivity contribution in [3.8, 4) is 28.4 Å². The van der Waals surface area contributed by atoms with E-state index in [0.717, 1.165) is 45.0 Å². The largest absolute Gasteiger partial charge is 0.496 e. The van der Waals surface area contributed by atoms with E-state index < -0.39 is 10.9 Å². The van der Waals surface area contributed by atoms with Crippen molar-refractivity contribution in [3.63, 3.8) is 0 Å². The lowest BCUT2D eigenvalue weighted by molar-refractivity contribution is -0.385. The van der Waals surface area contributed by atoms with Gasteiger partial charge in [-0.2, -0.15) is 0 Å². The van der Waals surface area contributed by atoms with Crippen molar-refractivity contribution in [2.24, 2.45) is 0 Å². The van der Waals surface area contributed by atoms with Crippen LogP contribution in [0.1, 0.15) is 42.3 Å². The molecule has 0 fully saturated rings. The SMILES string of the molecule is COc1ccccc1NCc1c(-c2ccc(OC(=O)c3ccccc3[N+](=O)[O-])cc2OC)ccc2c1C(C)=CC(C)(C)N2. The van der Waals surface area contributed by atoms with E-state index >= 15 is 0 Å². The summed E-state index contributed by atoms with van der Waals surface area (Å²) in [5.41, 5.74) is 6.24. The Morgan fingerprint density at radius 1 is 0.930 bits per heavy atom. The van der Waals surface area contributed by atoms with Gasteiger partial charge in [0.25, 0.3) is 5.69 Å². The van der Waals surface area contributed by atoms with Gasteiger partial charge in [-0.3, -0.25) is 10.1 Å². The van der Waals surface area contributed by atoms with E-state index in [2.05, 4.69) is 49.6 Å². The third-order valence-corrected chi connectivity index (χ3v) is 7.30. The molecule has 9 nitrogen and oxygen atoms in total. The molecule has 220 valence electrons. The van der Waals surface area contributed by atoms with Gasteiger partial charge in [-0.25, -0.2) is 4.79 Å². The highest BCUT2D eigenvalue weighted by atomic mass is 16.6. The van der Waals surface area contributed by atoms with Crippen LogP contribution in [-0.4, -0.2) is 30.7 Å². The summed E-state index contributed by atoms with van der Waals surface area (Å²) in [6.45, 7) is 6.87. The minimum absolute atomic E-state index is 0.132. The lowest BCUT2D eigenvalue weighted by Crippen LogP contribution is -2.32. The van der Waals surface area contributed by atoms with Crippen LogP contribution in [-0.2, 0) is 6.54 Å². The maximum Gasteiger partial charge on any atom is 0.350 e. The normalized spacial score (nSPS) is 13.2. The number of rotatable bonds is 9. The molecular weight excluding hydrogens is 546 g/mol. The molecule has 0 saturated heterocycles. The number of benzene rings is 4. The van der Waals surface area contributed by atoms with Crippen molar-refractivity contribution in [2.75, 3.05) is 24.9 Å². The van der Waals surface area contributed by atoms with Crippen molar-refractivity contribution in [1.82, 2.24) is 0 Å². The zero-order chi connectivity index (χ0) is 30.7. The average molecular weight is 580 g/mol. The number of hydrogen-bond acceptors (Lipinski definition) is 8. The number of methoxy groups -OCH3 is 2. The quantitative estimate of drug-likeness (QED) is 0.0897. The van der Waals surface area contributed by atoms with Gasteiger partial charge >= 0.3 is 5.97 Å². The number of nitro groups is 1. The molecule has 0 unspecified atom stereocenters. The first-order chi connectivity index (χ1) is 20.6. The fraction of sp³-hybridized carbons (Fsp3) is 0.206. The first-order valence-corrected chi connectivity index (χ1v) is 13.8. The Labute approximate surface area is 250 Å². The van der Waals surface area contributed by atoms with E-state index in [1.54, 1.807) is 32.4 Å². The number of ether oxygens (including phenoxy) is 3. The number of esters is 1. The van der Waals surface area contributed by atoms with Crippen molar-refractivity contribution >= 4 is 28.6 Å². The minimum atomic E-state index is -0.827. The summed E-state index contributed by atoms with van der Waals surface area (Å²) in [7, 11) is 3.19. The van der Waals surface area contributed by atoms with Crippen LogP contribution in [0.25, 0.3) is 16.7 Å². The van der Waals surface area contributed by atoms with Gasteiger partial charge in [0.15, 0.2) is 0 Å². The van der Waals surface area contributed by atoms with E-state index in [0.29, 0.717) is 12.3 Å². The van der Waals surface area contributed by atoms with Gasteiger partial charge in [0.2, 0.25) is 0 Å². The van der Waals surface area contributed by atoms with Crippen LogP contribution in [0.15, 0.2) is 84.9 Å². The number of carbonyl (C=O) groups is 1. The van der Waals surface area contributed by atoms with Crippen molar-refractivity contribution in [3.05, 3.63) is 112 Å². The molecule has 0 spiro atoms. The van der Waals surface area contributed by atoms with Crippen LogP contribution in [0.4, 0.5) is 17.1 Å². The smallest absolute Gasteiger partial charge is 0.350 e. The van der Waals surface area contributed by atoms with E-state index in [-0.39, 0.29) is 22.5 Å². The molecule has 0 bridgehead atoms. The summed E-state index contributed by atoms with van der Waals surface area (Å²) in [6, 6.07) is 22.7. The van der Waals surface area contributed by atoms with Crippen LogP contribution in [0.5, 0.6) is 17.2 Å². The lowest BCUT2D eigenvalue weighted by Gasteiger charge is -2.33. The summed E-state index contributed by atoms with van der Waals surface area (Å²) in [6.07, 6.45) is 2.22. The molecule has 1 aliphatic rings. The summed E-state index contributed by atoms with van der Waals surface area (Å²) in [5, 5.41) is 18.6. The number of hydrogen-bond donors (Lipinski definition) is 2. The van der Waals surface area contributed by atoms with Crippen LogP contribution in [0.2, 0.25) is 0 Å². The Morgan fingerprint density at radius 2 is 1.63 bits per heavy atom. The second-order valence-electron chi connectivity index (χ2n) is 10.8. The van der Waals surface area contributed by atoms with Crippen molar-refractivity contribution in [2.45, 2.75) is 32.9 Å². The Bertz CT molecular complexity index is 1740. The molecule has 0 aliphatic carbocycles. The molecule has 4 aromatic rings. The van der Waals surface area contributed by atoms with Crippen LogP contribution in [0.3, 0.4) is 0 Å². The second kappa shape index (κ2) is 11.9. The molecular formula is C34H33N3O6. The fourth-order valence-corrected chi connectivity index (χ4v) is 5.53. The summed E-state index contributed by atoms with van der Waals surface area (Å²) in [4.78, 5) is 23.7. The van der Waals surface area contributed by atoms with Gasteiger partial charge in [-0.15, -0.1) is 0 Å². The van der Waals surface area contributed by atoms with Crippen LogP contribution in [0, 0.1) is 10.1 Å². The molecule has 0 radical (unpaired) electrons. The Kier molecular flexibility index (Phi) is 8.07. The van der Waals surface area contributed by atoms with E-state index in [1.807, 2.05) is 30.3 Å². The maximum absolute atomic E-state index is 12.9. The van der Waals surface area contributed by atoms with Gasteiger partial charge in [0.1, 0.15) is 22.8 Å². The highest BCUT2D eigenvalue weighted by Crippen LogP contribution is 2.43. The van der Waals surface area contributed by atoms with Gasteiger partial charge in [0.05, 0.1) is 30.4 Å². The highest BCUT2D eigenvalue weighted by molar-refractivity contribution is 5.95. The molecule has 0 atom stereocenters. The molecule has 1 heterocycles. The highest BCUT2D eigenvalue weighted by Gasteiger charge is 2.27. The maximum atomic E-state index is 12.9. The summed E-state index contributed by atoms with van der Waals surface area (Å²) in [5.74, 6) is 0.599. The molecule has 43 heavy (non-hydrogen) atoms. The zero-order valence-corrected chi connectivity index (χ0v) is 24.7. The second-order valence-corrected chi connectivity index (χ2v) is 10.8. The van der Waals surface area contributed by atoms with Gasteiger partial charge in [-0.1, -0.05) is 36.4 Å². The topological polar surface area (TPSA) is 112 Å². The minimum Gasteiger partial charge on any atom is -0.496 e. The molecule has 0 saturated carbocycles. The van der Waals surface area contributed by atoms with Gasteiger partial charge < -0.3 is 24.8 Å². The first-order valence-electron chi connectivity index (χ1n) is 13.8. The van der Waals surface area contributed by atoms with Crippen LogP contribution < -0.4 is 24.8 Å². The fourth-order valence-electron chi connectivity index (χ4n) is 5.53. The Balaban J connectivity index is 1.55. The number of allylic oxidation sites excluding steroid dienone is 1. The average Bonchev–Trinajstić information content (AvgIpc) is 2.99. The number of nitrogens with zero attached hydrogens (tertiary/aromatic N) is 1. The van der Waals surface area contributed by atoms with E-state index in [4.69, 9.17) is 14.2 Å². The van der Waals surface area contributed by atoms with Crippen molar-refractivity contribution in [1.29, 1.82) is 0 Å². The molecule has 2 N–H and O–H groups in total. The predicted octanol–water partition coefficient (Wildman–Crippen LogP) is 7.72. The summed E-state index contributed by atoms with van der Waals surface area (Å²) >= 11 is 0. The third-order valence-electron chi connectivity index (χ3n) is 7.30. The van der Waals surface area contributed by atoms with Gasteiger partial charge in [0, 0.05) is 35.5 Å². The zero-order valence-electron chi connectivity index (χ0n) is 24.7. The standard InChI is InChI=1S/C34H33N3O6/c1-21-19-34(2,3)36-28-17-16-23(26(32(21)28)20-35-27-11-7-9-13-30(27)41-4)24-15-14-22(18-31(24)42-5)43-33(38)25-10-6-8-12-29(25)37(39)40/h6-19,35-36H,20H2,1-5H3. The Morgan fingerprint density at radius 3 is 2.37 bits per heavy atom. The third kappa shape index (κ3) is 6.01. The number of carbonyl (C=O) groups excluding carboxylic acids is 1. The molecule has 0 amide bonds. The molecule has 5 rings (SSSR count). The van der Waals surface area contributed by atoms with Crippen LogP contribution >= 0.6 is 0 Å². The molecule has 4 aromatic carbocycles. The van der Waals surface area contributed by atoms with E-state index in [1.165, 1.54) is 18.2 Å². The Hall–Kier alpha value is -5.31. The lowest BCUT2D eigenvalue weighted by atomic mass is 9.85. The van der Waals surface area contributed by atoms with Crippen molar-refractivity contribution < 1.29 is 23.9 Å².